The van der Waals surface area contributed by atoms with Gasteiger partial charge in [0.05, 0.1) is 0 Å². The molecule has 30 valence electrons. The van der Waals surface area contributed by atoms with Crippen LogP contribution in [-0.4, -0.2) is 83.6 Å². The topological polar surface area (TPSA) is 31.5 Å². The van der Waals surface area contributed by atoms with E-state index < -0.39 is 0 Å². The SMILES string of the molecule is C.O.[AlH3].[Ca+2].[H-].[H-].[H-].[H-].[Mg+2]. The van der Waals surface area contributed by atoms with Gasteiger partial charge in [0.1, 0.15) is 0 Å². The van der Waals surface area contributed by atoms with E-state index in [1.807, 2.05) is 0 Å². The van der Waals surface area contributed by atoms with Gasteiger partial charge in [0.15, 0.2) is 17.4 Å². The molecule has 2 N–H and O–H groups in total. The molecule has 0 aliphatic carbocycles. The molecule has 0 aromatic heterocycles. The quantitative estimate of drug-likeness (QED) is 0.353. The monoisotopic (exact) mass is 132 g/mol. The molecule has 0 spiro atoms. The Balaban J connectivity index is 0. The summed E-state index contributed by atoms with van der Waals surface area (Å²) in [5.41, 5.74) is 0. The predicted octanol–water partition coefficient (Wildman–Crippen LogP) is -1.68. The first-order valence-corrected chi connectivity index (χ1v) is 0. The van der Waals surface area contributed by atoms with Crippen LogP contribution < -0.4 is 0 Å². The van der Waals surface area contributed by atoms with Crippen LogP contribution in [0.2, 0.25) is 0 Å². The summed E-state index contributed by atoms with van der Waals surface area (Å²) in [5.74, 6) is 0. The van der Waals surface area contributed by atoms with Crippen molar-refractivity contribution >= 4 is 78.2 Å². The first kappa shape index (κ1) is 50.4. The van der Waals surface area contributed by atoms with Crippen LogP contribution in [0.25, 0.3) is 0 Å². The first-order valence-electron chi connectivity index (χ1n) is 0. The predicted molar refractivity (Wildman–Crippen MR) is 36.2 cm³/mol. The molecule has 0 heterocycles. The number of rotatable bonds is 0. The first-order chi connectivity index (χ1) is 0. The smallest absolute Gasteiger partial charge is 1.00 e. The van der Waals surface area contributed by atoms with Gasteiger partial charge in [0.25, 0.3) is 0 Å². The van der Waals surface area contributed by atoms with E-state index in [0.29, 0.717) is 0 Å². The summed E-state index contributed by atoms with van der Waals surface area (Å²) >= 11 is 0. The van der Waals surface area contributed by atoms with Crippen molar-refractivity contribution in [2.75, 3.05) is 0 Å². The molecule has 4 heteroatoms. The molecule has 5 heavy (non-hydrogen) atoms. The van der Waals surface area contributed by atoms with Gasteiger partial charge >= 0.3 is 60.8 Å². The second-order valence-corrected chi connectivity index (χ2v) is 0. The molecular formula is CH13AlCaMgO. The minimum atomic E-state index is 0. The van der Waals surface area contributed by atoms with Crippen molar-refractivity contribution < 1.29 is 11.2 Å². The van der Waals surface area contributed by atoms with E-state index in [1.165, 1.54) is 0 Å². The van der Waals surface area contributed by atoms with Crippen LogP contribution in [0.1, 0.15) is 13.1 Å². The Labute approximate surface area is 95.4 Å². The zero-order valence-corrected chi connectivity index (χ0v) is 5.54. The second kappa shape index (κ2) is 31.3. The molecule has 0 aliphatic heterocycles. The van der Waals surface area contributed by atoms with Gasteiger partial charge in [-0.05, 0) is 0 Å². The van der Waals surface area contributed by atoms with Crippen LogP contribution in [-0.2, 0) is 0 Å². The van der Waals surface area contributed by atoms with Gasteiger partial charge in [0.2, 0.25) is 0 Å². The normalized spacial score (nSPS) is 0. The van der Waals surface area contributed by atoms with Gasteiger partial charge < -0.3 is 11.2 Å². The van der Waals surface area contributed by atoms with E-state index in [2.05, 4.69) is 0 Å². The fourth-order valence-corrected chi connectivity index (χ4v) is 0. The summed E-state index contributed by atoms with van der Waals surface area (Å²) in [5, 5.41) is 0. The molecule has 0 aromatic rings. The number of hydrogen-bond acceptors (Lipinski definition) is 0. The molecule has 0 bridgehead atoms. The fourth-order valence-electron chi connectivity index (χ4n) is 0. The van der Waals surface area contributed by atoms with E-state index in [-0.39, 0.29) is 96.8 Å². The average molecular weight is 132 g/mol. The molecule has 0 saturated heterocycles. The molecule has 0 unspecified atom stereocenters. The van der Waals surface area contributed by atoms with Crippen molar-refractivity contribution in [1.82, 2.24) is 0 Å². The van der Waals surface area contributed by atoms with E-state index in [0.717, 1.165) is 0 Å². The number of hydrogen-bond donors (Lipinski definition) is 0. The standard InChI is InChI=1S/CH4.Al.Ca.Mg.H2O.7H/h1H4;;;;1H2;;;;;;;/q;;2*+2;;;;;4*-1. The molecule has 1 nitrogen and oxygen atoms in total. The van der Waals surface area contributed by atoms with Crippen molar-refractivity contribution in [3.05, 3.63) is 0 Å². The summed E-state index contributed by atoms with van der Waals surface area (Å²) in [6.07, 6.45) is 0. The molecule has 0 aromatic carbocycles. The zero-order valence-electron chi connectivity index (χ0n) is 5.91. The molecule has 0 fully saturated rings. The van der Waals surface area contributed by atoms with Crippen LogP contribution in [0.3, 0.4) is 0 Å². The maximum atomic E-state index is 0. The minimum Gasteiger partial charge on any atom is -1.00 e. The average Bonchev–Trinajstić information content (AvgIpc) is 0. The van der Waals surface area contributed by atoms with Crippen LogP contribution in [0.15, 0.2) is 0 Å². The third-order valence-electron chi connectivity index (χ3n) is 0. The maximum absolute atomic E-state index is 0. The molecule has 0 amide bonds. The van der Waals surface area contributed by atoms with Crippen molar-refractivity contribution in [1.29, 1.82) is 0 Å². The molecule has 0 atom stereocenters. The minimum absolute atomic E-state index is 0. The van der Waals surface area contributed by atoms with Gasteiger partial charge in [-0.25, -0.2) is 0 Å². The third-order valence-corrected chi connectivity index (χ3v) is 0. The molecule has 0 saturated carbocycles. The van der Waals surface area contributed by atoms with E-state index >= 15 is 0 Å². The van der Waals surface area contributed by atoms with E-state index in [1.54, 1.807) is 0 Å². The third kappa shape index (κ3) is 21.0. The largest absolute Gasteiger partial charge is 2.00 e. The second-order valence-electron chi connectivity index (χ2n) is 0. The summed E-state index contributed by atoms with van der Waals surface area (Å²) in [6, 6.07) is 0. The van der Waals surface area contributed by atoms with Gasteiger partial charge in [-0.15, -0.1) is 0 Å². The van der Waals surface area contributed by atoms with Gasteiger partial charge in [-0.1, -0.05) is 7.43 Å². The van der Waals surface area contributed by atoms with Gasteiger partial charge in [0, 0.05) is 0 Å². The Kier molecular flexibility index (Phi) is 315. The van der Waals surface area contributed by atoms with Gasteiger partial charge in [-0.3, -0.25) is 0 Å². The maximum Gasteiger partial charge on any atom is 2.00 e. The summed E-state index contributed by atoms with van der Waals surface area (Å²) in [4.78, 5) is 0. The van der Waals surface area contributed by atoms with Crippen LogP contribution in [0.4, 0.5) is 0 Å². The van der Waals surface area contributed by atoms with Crippen molar-refractivity contribution in [2.24, 2.45) is 0 Å². The zero-order chi connectivity index (χ0) is 0. The van der Waals surface area contributed by atoms with E-state index in [9.17, 15) is 0 Å². The summed E-state index contributed by atoms with van der Waals surface area (Å²) in [6.45, 7) is 0. The van der Waals surface area contributed by atoms with Crippen molar-refractivity contribution in [2.45, 2.75) is 7.43 Å². The van der Waals surface area contributed by atoms with Crippen molar-refractivity contribution in [3.8, 4) is 0 Å². The van der Waals surface area contributed by atoms with Crippen LogP contribution >= 0.6 is 0 Å². The van der Waals surface area contributed by atoms with E-state index in [4.69, 9.17) is 0 Å². The Morgan fingerprint density at radius 1 is 1.20 bits per heavy atom. The molecular weight excluding hydrogens is 119 g/mol. The van der Waals surface area contributed by atoms with Crippen molar-refractivity contribution in [3.63, 3.8) is 0 Å². The Hall–Kier alpha value is 2.52. The molecule has 0 rings (SSSR count). The molecule has 0 radical (unpaired) electrons. The van der Waals surface area contributed by atoms with Crippen LogP contribution in [0, 0.1) is 0 Å². The Bertz CT molecular complexity index is 20.5. The van der Waals surface area contributed by atoms with Crippen LogP contribution in [0.5, 0.6) is 0 Å². The summed E-state index contributed by atoms with van der Waals surface area (Å²) in [7, 11) is 0. The molecule has 0 aliphatic rings. The Morgan fingerprint density at radius 3 is 1.20 bits per heavy atom. The van der Waals surface area contributed by atoms with Gasteiger partial charge in [-0.2, -0.15) is 0 Å². The Morgan fingerprint density at radius 2 is 1.20 bits per heavy atom. The summed E-state index contributed by atoms with van der Waals surface area (Å²) < 4.78 is 0. The fraction of sp³-hybridized carbons (Fsp3) is 1.00.